The van der Waals surface area contributed by atoms with E-state index in [2.05, 4.69) is 28.6 Å². The molecule has 0 heterocycles. The minimum absolute atomic E-state index is 0.0647. The Balaban J connectivity index is 4.38. The van der Waals surface area contributed by atoms with Crippen molar-refractivity contribution in [3.63, 3.8) is 0 Å². The fourth-order valence-electron chi connectivity index (χ4n) is 1.69. The third-order valence-electron chi connectivity index (χ3n) is 2.94. The Kier molecular flexibility index (Phi) is 11.0. The molecule has 0 bridgehead atoms. The summed E-state index contributed by atoms with van der Waals surface area (Å²) in [7, 11) is 0. The van der Waals surface area contributed by atoms with E-state index in [0.717, 1.165) is 0 Å². The van der Waals surface area contributed by atoms with Crippen LogP contribution in [0.4, 0.5) is 0 Å². The van der Waals surface area contributed by atoms with Gasteiger partial charge >= 0.3 is 17.9 Å². The summed E-state index contributed by atoms with van der Waals surface area (Å²) in [5, 5.41) is 32.9. The van der Waals surface area contributed by atoms with Gasteiger partial charge in [0.05, 0.1) is 6.42 Å². The van der Waals surface area contributed by atoms with Crippen LogP contribution in [0.5, 0.6) is 0 Å². The molecule has 11 nitrogen and oxygen atoms in total. The Hall–Kier alpha value is -2.34. The third kappa shape index (κ3) is 10.9. The third-order valence-corrected chi connectivity index (χ3v) is 3.30. The molecule has 0 spiro atoms. The molecule has 0 aliphatic carbocycles. The van der Waals surface area contributed by atoms with Crippen molar-refractivity contribution < 1.29 is 39.3 Å². The van der Waals surface area contributed by atoms with Crippen LogP contribution in [-0.4, -0.2) is 76.0 Å². The average Bonchev–Trinajstić information content (AvgIpc) is 2.52. The summed E-state index contributed by atoms with van der Waals surface area (Å²) in [5.74, 6) is -4.97. The molecule has 0 rings (SSSR count). The molecule has 0 radical (unpaired) electrons. The van der Waals surface area contributed by atoms with E-state index in [1.54, 1.807) is 0 Å². The summed E-state index contributed by atoms with van der Waals surface area (Å²) in [6.45, 7) is -0.668. The number of rotatable bonds is 13. The molecule has 0 unspecified atom stereocenters. The van der Waals surface area contributed by atoms with E-state index in [1.165, 1.54) is 0 Å². The van der Waals surface area contributed by atoms with E-state index < -0.39 is 48.4 Å². The Labute approximate surface area is 148 Å². The molecule has 0 saturated heterocycles. The fourth-order valence-corrected chi connectivity index (χ4v) is 1.95. The van der Waals surface area contributed by atoms with Gasteiger partial charge in [-0.1, -0.05) is 0 Å². The van der Waals surface area contributed by atoms with Gasteiger partial charge in [0, 0.05) is 18.7 Å². The van der Waals surface area contributed by atoms with Crippen LogP contribution in [-0.2, 0) is 24.0 Å². The first kappa shape index (κ1) is 22.7. The normalized spacial score (nSPS) is 12.7. The Morgan fingerprint density at radius 2 is 1.56 bits per heavy atom. The van der Waals surface area contributed by atoms with E-state index >= 15 is 0 Å². The maximum absolute atomic E-state index is 11.8. The van der Waals surface area contributed by atoms with Gasteiger partial charge in [-0.25, -0.2) is 0 Å². The van der Waals surface area contributed by atoms with E-state index in [0.29, 0.717) is 0 Å². The Bertz CT molecular complexity index is 514. The fraction of sp³-hybridized carbons (Fsp3) is 0.615. The van der Waals surface area contributed by atoms with Gasteiger partial charge in [0.2, 0.25) is 11.8 Å². The molecule has 0 aliphatic rings. The largest absolute Gasteiger partial charge is 0.481 e. The van der Waals surface area contributed by atoms with E-state index in [9.17, 15) is 24.0 Å². The van der Waals surface area contributed by atoms with Crippen LogP contribution in [0.3, 0.4) is 0 Å². The summed E-state index contributed by atoms with van der Waals surface area (Å²) in [4.78, 5) is 55.3. The predicted octanol–water partition coefficient (Wildman–Crippen LogP) is -2.10. The summed E-state index contributed by atoms with van der Waals surface area (Å²) < 4.78 is 0. The molecule has 12 heteroatoms. The second-order valence-electron chi connectivity index (χ2n) is 4.94. The lowest BCUT2D eigenvalue weighted by molar-refractivity contribution is -0.141. The van der Waals surface area contributed by atoms with Crippen molar-refractivity contribution in [2.75, 3.05) is 18.8 Å². The smallest absolute Gasteiger partial charge is 0.322 e. The van der Waals surface area contributed by atoms with Gasteiger partial charge in [0.25, 0.3) is 0 Å². The molecule has 6 N–H and O–H groups in total. The van der Waals surface area contributed by atoms with Crippen molar-refractivity contribution in [1.82, 2.24) is 16.0 Å². The molecule has 0 aromatic carbocycles. The highest BCUT2D eigenvalue weighted by atomic mass is 32.1. The number of amides is 2. The van der Waals surface area contributed by atoms with Gasteiger partial charge in [-0.15, -0.1) is 0 Å². The summed E-state index contributed by atoms with van der Waals surface area (Å²) in [6, 6.07) is -2.17. The highest BCUT2D eigenvalue weighted by molar-refractivity contribution is 7.80. The van der Waals surface area contributed by atoms with Crippen LogP contribution >= 0.6 is 12.6 Å². The number of carboxylic acids is 3. The molecule has 142 valence electrons. The predicted molar refractivity (Wildman–Crippen MR) is 87.3 cm³/mol. The zero-order valence-corrected chi connectivity index (χ0v) is 14.1. The minimum Gasteiger partial charge on any atom is -0.481 e. The van der Waals surface area contributed by atoms with Crippen LogP contribution in [0, 0.1) is 0 Å². The molecule has 2 amide bonds. The molecular weight excluding hydrogens is 358 g/mol. The molecule has 2 atom stereocenters. The van der Waals surface area contributed by atoms with Gasteiger partial charge in [-0.2, -0.15) is 12.6 Å². The zero-order chi connectivity index (χ0) is 19.4. The second-order valence-corrected chi connectivity index (χ2v) is 5.31. The van der Waals surface area contributed by atoms with Gasteiger partial charge in [-0.05, 0) is 6.42 Å². The monoisotopic (exact) mass is 379 g/mol. The number of aliphatic carboxylic acids is 3. The van der Waals surface area contributed by atoms with Crippen molar-refractivity contribution >= 4 is 42.4 Å². The maximum atomic E-state index is 11.8. The van der Waals surface area contributed by atoms with Gasteiger partial charge in [-0.3, -0.25) is 24.0 Å². The highest BCUT2D eigenvalue weighted by Crippen LogP contribution is 2.00. The standard InChI is InChI=1S/C13H21N3O8S/c17-9(16-8(6-25)12(22)15-5-11(20)21)2-1-7(13(23)24)14-4-3-10(18)19/h7-8,14,25H,1-6H2,(H,15,22)(H,16,17)(H,18,19)(H,20,21)(H,23,24)/t7-,8-/m0/s1. The minimum atomic E-state index is -1.24. The SMILES string of the molecule is O=C(O)CCN[C@@H](CCC(=O)N[C@@H](CS)C(=O)NCC(=O)O)C(=O)O. The number of thiol groups is 1. The lowest BCUT2D eigenvalue weighted by Gasteiger charge is -2.17. The summed E-state index contributed by atoms with van der Waals surface area (Å²) >= 11 is 3.90. The molecule has 0 aromatic rings. The molecule has 0 aromatic heterocycles. The van der Waals surface area contributed by atoms with Crippen LogP contribution in [0.25, 0.3) is 0 Å². The van der Waals surface area contributed by atoms with Crippen LogP contribution < -0.4 is 16.0 Å². The number of carboxylic acid groups (broad SMARTS) is 3. The average molecular weight is 379 g/mol. The highest BCUT2D eigenvalue weighted by Gasteiger charge is 2.22. The number of carbonyl (C=O) groups is 5. The number of nitrogens with one attached hydrogen (secondary N) is 3. The Morgan fingerprint density at radius 3 is 2.04 bits per heavy atom. The molecule has 0 fully saturated rings. The van der Waals surface area contributed by atoms with Crippen LogP contribution in [0.2, 0.25) is 0 Å². The van der Waals surface area contributed by atoms with Gasteiger partial charge in [0.1, 0.15) is 18.6 Å². The van der Waals surface area contributed by atoms with Crippen LogP contribution in [0.1, 0.15) is 19.3 Å². The first-order valence-electron chi connectivity index (χ1n) is 7.25. The first-order chi connectivity index (χ1) is 11.7. The number of hydrogen-bond donors (Lipinski definition) is 7. The zero-order valence-electron chi connectivity index (χ0n) is 13.2. The number of hydrogen-bond acceptors (Lipinski definition) is 7. The van der Waals surface area contributed by atoms with Gasteiger partial charge < -0.3 is 31.3 Å². The maximum Gasteiger partial charge on any atom is 0.322 e. The van der Waals surface area contributed by atoms with Crippen molar-refractivity contribution in [2.45, 2.75) is 31.3 Å². The molecule has 25 heavy (non-hydrogen) atoms. The molecule has 0 saturated carbocycles. The molecule has 0 aliphatic heterocycles. The first-order valence-corrected chi connectivity index (χ1v) is 7.88. The van der Waals surface area contributed by atoms with Crippen molar-refractivity contribution in [3.8, 4) is 0 Å². The van der Waals surface area contributed by atoms with Crippen molar-refractivity contribution in [3.05, 3.63) is 0 Å². The topological polar surface area (TPSA) is 182 Å². The van der Waals surface area contributed by atoms with E-state index in [1.807, 2.05) is 0 Å². The van der Waals surface area contributed by atoms with E-state index in [-0.39, 0.29) is 31.6 Å². The second kappa shape index (κ2) is 12.1. The summed E-state index contributed by atoms with van der Waals surface area (Å²) in [5.41, 5.74) is 0. The van der Waals surface area contributed by atoms with Gasteiger partial charge in [0.15, 0.2) is 0 Å². The van der Waals surface area contributed by atoms with Crippen molar-refractivity contribution in [1.29, 1.82) is 0 Å². The molecular formula is C13H21N3O8S. The van der Waals surface area contributed by atoms with Crippen LogP contribution in [0.15, 0.2) is 0 Å². The van der Waals surface area contributed by atoms with Crippen molar-refractivity contribution in [2.24, 2.45) is 0 Å². The lowest BCUT2D eigenvalue weighted by atomic mass is 10.1. The number of carbonyl (C=O) groups excluding carboxylic acids is 2. The summed E-state index contributed by atoms with van der Waals surface area (Å²) in [6.07, 6.45) is -0.605. The Morgan fingerprint density at radius 1 is 0.920 bits per heavy atom. The quantitative estimate of drug-likeness (QED) is 0.176. The lowest BCUT2D eigenvalue weighted by Crippen LogP contribution is -2.49. The van der Waals surface area contributed by atoms with E-state index in [4.69, 9.17) is 15.3 Å².